The minimum absolute atomic E-state index is 0.0416. The predicted molar refractivity (Wildman–Crippen MR) is 90.9 cm³/mol. The molecule has 2 rings (SSSR count). The summed E-state index contributed by atoms with van der Waals surface area (Å²) in [6.07, 6.45) is 4.39. The first kappa shape index (κ1) is 17.9. The van der Waals surface area contributed by atoms with E-state index in [2.05, 4.69) is 5.32 Å². The molecule has 1 aliphatic rings. The van der Waals surface area contributed by atoms with Crippen molar-refractivity contribution >= 4 is 23.3 Å². The molecule has 128 valence electrons. The Kier molecular flexibility index (Phi) is 5.87. The van der Waals surface area contributed by atoms with Crippen LogP contribution in [-0.4, -0.2) is 48.3 Å². The Morgan fingerprint density at radius 2 is 1.83 bits per heavy atom. The quantitative estimate of drug-likeness (QED) is 0.616. The van der Waals surface area contributed by atoms with Gasteiger partial charge in [-0.15, -0.1) is 0 Å². The first-order chi connectivity index (χ1) is 11.4. The Morgan fingerprint density at radius 3 is 2.46 bits per heavy atom. The van der Waals surface area contributed by atoms with Crippen molar-refractivity contribution in [1.82, 2.24) is 4.90 Å². The first-order valence-electron chi connectivity index (χ1n) is 7.85. The van der Waals surface area contributed by atoms with Gasteiger partial charge in [0.1, 0.15) is 0 Å². The maximum Gasteiger partial charge on any atom is 0.307 e. The summed E-state index contributed by atoms with van der Waals surface area (Å²) < 4.78 is 0. The molecule has 6 heteroatoms. The molecule has 0 saturated carbocycles. The van der Waals surface area contributed by atoms with Crippen LogP contribution in [-0.2, 0) is 9.59 Å². The molecule has 24 heavy (non-hydrogen) atoms. The van der Waals surface area contributed by atoms with Gasteiger partial charge in [0.05, 0.1) is 18.4 Å². The molecule has 0 fully saturated rings. The number of likely N-dealkylation sites (N-methyl/N-ethyl adjacent to an activating group) is 1. The van der Waals surface area contributed by atoms with Crippen molar-refractivity contribution in [3.8, 4) is 0 Å². The normalized spacial score (nSPS) is 20.0. The van der Waals surface area contributed by atoms with E-state index in [0.29, 0.717) is 24.1 Å². The average Bonchev–Trinajstić information content (AvgIpc) is 2.54. The third-order valence-electron chi connectivity index (χ3n) is 4.00. The second-order valence-electron chi connectivity index (χ2n) is 6.23. The minimum Gasteiger partial charge on any atom is -0.481 e. The van der Waals surface area contributed by atoms with Gasteiger partial charge in [-0.2, -0.15) is 0 Å². The van der Waals surface area contributed by atoms with Gasteiger partial charge in [0.2, 0.25) is 5.91 Å². The van der Waals surface area contributed by atoms with Crippen LogP contribution in [0.1, 0.15) is 23.2 Å². The summed E-state index contributed by atoms with van der Waals surface area (Å²) in [6, 6.07) is 6.72. The van der Waals surface area contributed by atoms with E-state index in [9.17, 15) is 19.5 Å². The third-order valence-corrected chi connectivity index (χ3v) is 4.00. The lowest BCUT2D eigenvalue weighted by Crippen LogP contribution is -2.34. The second kappa shape index (κ2) is 7.88. The smallest absolute Gasteiger partial charge is 0.307 e. The Balaban J connectivity index is 2.10. The van der Waals surface area contributed by atoms with Crippen molar-refractivity contribution in [3.63, 3.8) is 0 Å². The van der Waals surface area contributed by atoms with Crippen LogP contribution in [0.2, 0.25) is 0 Å². The number of amides is 1. The number of nitrogens with zero attached hydrogens (tertiary/aromatic N) is 1. The summed E-state index contributed by atoms with van der Waals surface area (Å²) in [7, 11) is 3.62. The summed E-state index contributed by atoms with van der Waals surface area (Å²) in [5.74, 6) is -2.65. The molecule has 1 amide bonds. The van der Waals surface area contributed by atoms with Gasteiger partial charge < -0.3 is 15.3 Å². The standard InChI is InChI=1S/C18H22N2O4/c1-20(2)11-16(21)12-6-5-7-13(10-12)19-17(22)14-8-3-4-9-15(14)18(23)24/h3-7,10,14-15H,8-9,11H2,1-2H3,(H,19,22)(H,23,24). The lowest BCUT2D eigenvalue weighted by Gasteiger charge is -2.24. The Morgan fingerprint density at radius 1 is 1.17 bits per heavy atom. The van der Waals surface area contributed by atoms with E-state index in [-0.39, 0.29) is 18.2 Å². The maximum atomic E-state index is 12.4. The molecule has 0 aliphatic heterocycles. The number of nitrogens with one attached hydrogen (secondary N) is 1. The zero-order chi connectivity index (χ0) is 17.7. The summed E-state index contributed by atoms with van der Waals surface area (Å²) in [4.78, 5) is 37.6. The number of allylic oxidation sites excluding steroid dienone is 2. The molecule has 0 spiro atoms. The van der Waals surface area contributed by atoms with Gasteiger partial charge in [0, 0.05) is 11.3 Å². The van der Waals surface area contributed by atoms with Crippen molar-refractivity contribution in [3.05, 3.63) is 42.0 Å². The Labute approximate surface area is 141 Å². The highest BCUT2D eigenvalue weighted by Crippen LogP contribution is 2.27. The molecule has 0 radical (unpaired) electrons. The van der Waals surface area contributed by atoms with Crippen LogP contribution in [0.25, 0.3) is 0 Å². The van der Waals surface area contributed by atoms with Crippen LogP contribution in [0, 0.1) is 11.8 Å². The predicted octanol–water partition coefficient (Wildman–Crippen LogP) is 2.04. The molecular formula is C18H22N2O4. The van der Waals surface area contributed by atoms with Crippen LogP contribution in [0.3, 0.4) is 0 Å². The number of anilines is 1. The molecule has 2 atom stereocenters. The van der Waals surface area contributed by atoms with E-state index in [1.807, 2.05) is 20.2 Å². The maximum absolute atomic E-state index is 12.4. The Hall–Kier alpha value is -2.47. The lowest BCUT2D eigenvalue weighted by molar-refractivity contribution is -0.146. The number of carboxylic acids is 1. The van der Waals surface area contributed by atoms with Crippen LogP contribution < -0.4 is 5.32 Å². The highest BCUT2D eigenvalue weighted by atomic mass is 16.4. The van der Waals surface area contributed by atoms with Crippen molar-refractivity contribution in [1.29, 1.82) is 0 Å². The van der Waals surface area contributed by atoms with Crippen molar-refractivity contribution in [2.75, 3.05) is 26.0 Å². The molecule has 0 aromatic heterocycles. The molecule has 1 aromatic rings. The van der Waals surface area contributed by atoms with Crippen LogP contribution >= 0.6 is 0 Å². The number of carbonyl (C=O) groups is 3. The average molecular weight is 330 g/mol. The van der Waals surface area contributed by atoms with Crippen molar-refractivity contribution < 1.29 is 19.5 Å². The highest BCUT2D eigenvalue weighted by molar-refractivity contribution is 6.00. The molecule has 0 bridgehead atoms. The molecule has 1 aliphatic carbocycles. The largest absolute Gasteiger partial charge is 0.481 e. The molecular weight excluding hydrogens is 308 g/mol. The number of hydrogen-bond donors (Lipinski definition) is 2. The van der Waals surface area contributed by atoms with Gasteiger partial charge in [0.15, 0.2) is 5.78 Å². The number of ketones is 1. The van der Waals surface area contributed by atoms with Gasteiger partial charge in [-0.05, 0) is 39.1 Å². The SMILES string of the molecule is CN(C)CC(=O)c1cccc(NC(=O)C2CC=CCC2C(=O)O)c1. The summed E-state index contributed by atoms with van der Waals surface area (Å²) in [5.41, 5.74) is 1.02. The third kappa shape index (κ3) is 4.52. The number of rotatable bonds is 6. The van der Waals surface area contributed by atoms with Crippen LogP contribution in [0.15, 0.2) is 36.4 Å². The Bertz CT molecular complexity index is 667. The van der Waals surface area contributed by atoms with E-state index in [4.69, 9.17) is 0 Å². The number of carbonyl (C=O) groups excluding carboxylic acids is 2. The van der Waals surface area contributed by atoms with Gasteiger partial charge in [0.25, 0.3) is 0 Å². The number of benzene rings is 1. The highest BCUT2D eigenvalue weighted by Gasteiger charge is 2.33. The fourth-order valence-electron chi connectivity index (χ4n) is 2.76. The van der Waals surface area contributed by atoms with Crippen molar-refractivity contribution in [2.24, 2.45) is 11.8 Å². The fraction of sp³-hybridized carbons (Fsp3) is 0.389. The van der Waals surface area contributed by atoms with E-state index >= 15 is 0 Å². The zero-order valence-corrected chi connectivity index (χ0v) is 13.9. The van der Waals surface area contributed by atoms with Gasteiger partial charge in [-0.1, -0.05) is 24.3 Å². The number of Topliss-reactive ketones (excluding diaryl/α,β-unsaturated/α-hetero) is 1. The van der Waals surface area contributed by atoms with E-state index in [0.717, 1.165) is 0 Å². The molecule has 6 nitrogen and oxygen atoms in total. The van der Waals surface area contributed by atoms with Crippen LogP contribution in [0.5, 0.6) is 0 Å². The van der Waals surface area contributed by atoms with E-state index in [1.54, 1.807) is 35.2 Å². The summed E-state index contributed by atoms with van der Waals surface area (Å²) in [5, 5.41) is 12.0. The molecule has 0 saturated heterocycles. The fourth-order valence-corrected chi connectivity index (χ4v) is 2.76. The summed E-state index contributed by atoms with van der Waals surface area (Å²) >= 11 is 0. The first-order valence-corrected chi connectivity index (χ1v) is 7.85. The zero-order valence-electron chi connectivity index (χ0n) is 13.9. The lowest BCUT2D eigenvalue weighted by atomic mass is 9.82. The monoisotopic (exact) mass is 330 g/mol. The molecule has 2 N–H and O–H groups in total. The topological polar surface area (TPSA) is 86.7 Å². The van der Waals surface area contributed by atoms with E-state index < -0.39 is 17.8 Å². The number of aliphatic carboxylic acids is 1. The van der Waals surface area contributed by atoms with Crippen molar-refractivity contribution in [2.45, 2.75) is 12.8 Å². The molecule has 1 aromatic carbocycles. The number of hydrogen-bond acceptors (Lipinski definition) is 4. The molecule has 0 heterocycles. The molecule has 2 unspecified atom stereocenters. The van der Waals surface area contributed by atoms with Gasteiger partial charge >= 0.3 is 5.97 Å². The number of carboxylic acid groups (broad SMARTS) is 1. The summed E-state index contributed by atoms with van der Waals surface area (Å²) in [6.45, 7) is 0.284. The second-order valence-corrected chi connectivity index (χ2v) is 6.23. The minimum atomic E-state index is -0.964. The van der Waals surface area contributed by atoms with E-state index in [1.165, 1.54) is 0 Å². The van der Waals surface area contributed by atoms with Gasteiger partial charge in [-0.25, -0.2) is 0 Å². The van der Waals surface area contributed by atoms with Crippen LogP contribution in [0.4, 0.5) is 5.69 Å². The van der Waals surface area contributed by atoms with Gasteiger partial charge in [-0.3, -0.25) is 14.4 Å².